The average Bonchev–Trinajstić information content (AvgIpc) is 3.27. The average molecular weight is 411 g/mol. The summed E-state index contributed by atoms with van der Waals surface area (Å²) in [6.45, 7) is 0.421. The lowest BCUT2D eigenvalue weighted by atomic mass is 10.2. The second kappa shape index (κ2) is 9.75. The molecule has 0 aliphatic rings. The zero-order chi connectivity index (χ0) is 21.5. The van der Waals surface area contributed by atoms with Crippen molar-refractivity contribution in [2.45, 2.75) is 12.6 Å². The lowest BCUT2D eigenvalue weighted by Gasteiger charge is -2.22. The monoisotopic (exact) mass is 411 g/mol. The fourth-order valence-corrected chi connectivity index (χ4v) is 2.83. The molecule has 156 valence electrons. The molecule has 9 heteroatoms. The quantitative estimate of drug-likeness (QED) is 0.589. The lowest BCUT2D eigenvalue weighted by Crippen LogP contribution is -2.36. The molecule has 0 bridgehead atoms. The van der Waals surface area contributed by atoms with Gasteiger partial charge in [0, 0.05) is 25.5 Å². The number of nitrogens with zero attached hydrogens (tertiary/aromatic N) is 3. The summed E-state index contributed by atoms with van der Waals surface area (Å²) in [7, 11) is 3.74. The molecule has 2 amide bonds. The van der Waals surface area contributed by atoms with E-state index >= 15 is 0 Å². The van der Waals surface area contributed by atoms with Crippen molar-refractivity contribution >= 4 is 11.8 Å². The first-order valence-electron chi connectivity index (χ1n) is 9.27. The van der Waals surface area contributed by atoms with E-state index in [2.05, 4.69) is 20.6 Å². The molecule has 3 aromatic rings. The van der Waals surface area contributed by atoms with Crippen molar-refractivity contribution in [1.82, 2.24) is 25.5 Å². The Morgan fingerprint density at radius 3 is 2.23 bits per heavy atom. The van der Waals surface area contributed by atoms with Gasteiger partial charge in [-0.3, -0.25) is 14.5 Å². The minimum atomic E-state index is -0.548. The Morgan fingerprint density at radius 2 is 1.67 bits per heavy atom. The molecule has 0 fully saturated rings. The molecule has 1 atom stereocenters. The van der Waals surface area contributed by atoms with E-state index in [1.54, 1.807) is 24.5 Å². The summed E-state index contributed by atoms with van der Waals surface area (Å²) in [6.07, 6.45) is 4.26. The lowest BCUT2D eigenvalue weighted by molar-refractivity contribution is 0.0902. The van der Waals surface area contributed by atoms with E-state index in [-0.39, 0.29) is 36.3 Å². The largest absolute Gasteiger partial charge is 0.468 e. The number of amides is 2. The minimum absolute atomic E-state index is 0.0777. The number of hydrogen-bond acceptors (Lipinski definition) is 6. The molecule has 0 saturated heterocycles. The molecule has 0 aliphatic heterocycles. The standard InChI is InChI=1S/C21H22FN5O3/c1-27(2)16(17-4-3-11-30-17)13-26-21(29)19-18(23-9-10-24-19)20(28)25-12-14-5-7-15(22)8-6-14/h3-11,16H,12-13H2,1-2H3,(H,25,28)(H,26,29). The molecule has 0 spiro atoms. The summed E-state index contributed by atoms with van der Waals surface area (Å²) in [5.41, 5.74) is 0.550. The van der Waals surface area contributed by atoms with Crippen molar-refractivity contribution < 1.29 is 18.4 Å². The number of carbonyl (C=O) groups excluding carboxylic acids is 2. The van der Waals surface area contributed by atoms with Gasteiger partial charge in [0.25, 0.3) is 11.8 Å². The van der Waals surface area contributed by atoms with Crippen molar-refractivity contribution in [3.63, 3.8) is 0 Å². The summed E-state index contributed by atoms with van der Waals surface area (Å²) < 4.78 is 18.4. The van der Waals surface area contributed by atoms with Crippen molar-refractivity contribution in [2.24, 2.45) is 0 Å². The van der Waals surface area contributed by atoms with Gasteiger partial charge in [-0.2, -0.15) is 0 Å². The summed E-state index contributed by atoms with van der Waals surface area (Å²) in [6, 6.07) is 9.17. The molecule has 2 aromatic heterocycles. The number of furan rings is 1. The Balaban J connectivity index is 1.66. The van der Waals surface area contributed by atoms with E-state index < -0.39 is 11.8 Å². The number of aromatic nitrogens is 2. The molecule has 8 nitrogen and oxygen atoms in total. The van der Waals surface area contributed by atoms with Crippen LogP contribution in [0.25, 0.3) is 0 Å². The fourth-order valence-electron chi connectivity index (χ4n) is 2.83. The van der Waals surface area contributed by atoms with E-state index in [1.807, 2.05) is 25.1 Å². The van der Waals surface area contributed by atoms with E-state index in [4.69, 9.17) is 4.42 Å². The molecular formula is C21H22FN5O3. The van der Waals surface area contributed by atoms with Gasteiger partial charge in [-0.1, -0.05) is 12.1 Å². The second-order valence-electron chi connectivity index (χ2n) is 6.77. The molecule has 0 radical (unpaired) electrons. The maximum absolute atomic E-state index is 13.0. The first kappa shape index (κ1) is 21.1. The highest BCUT2D eigenvalue weighted by Gasteiger charge is 2.23. The smallest absolute Gasteiger partial charge is 0.272 e. The van der Waals surface area contributed by atoms with Crippen molar-refractivity contribution in [3.8, 4) is 0 Å². The second-order valence-corrected chi connectivity index (χ2v) is 6.77. The van der Waals surface area contributed by atoms with Crippen LogP contribution in [0.3, 0.4) is 0 Å². The summed E-state index contributed by atoms with van der Waals surface area (Å²) in [5, 5.41) is 5.45. The van der Waals surface area contributed by atoms with Crippen LogP contribution in [0.4, 0.5) is 4.39 Å². The molecule has 1 aromatic carbocycles. The van der Waals surface area contributed by atoms with Gasteiger partial charge < -0.3 is 15.1 Å². The molecular weight excluding hydrogens is 389 g/mol. The fraction of sp³-hybridized carbons (Fsp3) is 0.238. The Bertz CT molecular complexity index is 990. The first-order valence-corrected chi connectivity index (χ1v) is 9.27. The summed E-state index contributed by atoms with van der Waals surface area (Å²) >= 11 is 0. The highest BCUT2D eigenvalue weighted by molar-refractivity contribution is 6.04. The predicted molar refractivity (Wildman–Crippen MR) is 107 cm³/mol. The minimum Gasteiger partial charge on any atom is -0.468 e. The van der Waals surface area contributed by atoms with Crippen LogP contribution in [-0.2, 0) is 6.54 Å². The Morgan fingerprint density at radius 1 is 1.03 bits per heavy atom. The van der Waals surface area contributed by atoms with E-state index in [0.717, 1.165) is 0 Å². The highest BCUT2D eigenvalue weighted by Crippen LogP contribution is 2.17. The maximum Gasteiger partial charge on any atom is 0.272 e. The molecule has 0 aliphatic carbocycles. The third kappa shape index (κ3) is 5.26. The number of likely N-dealkylation sites (N-methyl/N-ethyl adjacent to an activating group) is 1. The van der Waals surface area contributed by atoms with E-state index in [1.165, 1.54) is 24.5 Å². The van der Waals surface area contributed by atoms with Crippen LogP contribution in [0.1, 0.15) is 38.3 Å². The van der Waals surface area contributed by atoms with Crippen molar-refractivity contribution in [2.75, 3.05) is 20.6 Å². The molecule has 0 saturated carbocycles. The Hall–Kier alpha value is -3.59. The van der Waals surface area contributed by atoms with Crippen LogP contribution < -0.4 is 10.6 Å². The van der Waals surface area contributed by atoms with Crippen molar-refractivity contribution in [3.05, 3.63) is 83.6 Å². The molecule has 2 heterocycles. The van der Waals surface area contributed by atoms with Gasteiger partial charge in [-0.05, 0) is 43.9 Å². The third-order valence-corrected chi connectivity index (χ3v) is 4.45. The van der Waals surface area contributed by atoms with Crippen LogP contribution in [0.2, 0.25) is 0 Å². The number of benzene rings is 1. The molecule has 2 N–H and O–H groups in total. The topological polar surface area (TPSA) is 100 Å². The number of hydrogen-bond donors (Lipinski definition) is 2. The normalized spacial score (nSPS) is 11.9. The van der Waals surface area contributed by atoms with Crippen LogP contribution in [-0.4, -0.2) is 47.3 Å². The van der Waals surface area contributed by atoms with Gasteiger partial charge in [0.1, 0.15) is 11.6 Å². The predicted octanol–water partition coefficient (Wildman–Crippen LogP) is 2.17. The Kier molecular flexibility index (Phi) is 6.87. The molecule has 1 unspecified atom stereocenters. The number of carbonyl (C=O) groups is 2. The SMILES string of the molecule is CN(C)C(CNC(=O)c1nccnc1C(=O)NCc1ccc(F)cc1)c1ccco1. The first-order chi connectivity index (χ1) is 14.5. The van der Waals surface area contributed by atoms with Crippen LogP contribution >= 0.6 is 0 Å². The van der Waals surface area contributed by atoms with Crippen molar-refractivity contribution in [1.29, 1.82) is 0 Å². The van der Waals surface area contributed by atoms with Gasteiger partial charge in [0.15, 0.2) is 11.4 Å². The summed E-state index contributed by atoms with van der Waals surface area (Å²) in [4.78, 5) is 35.2. The zero-order valence-electron chi connectivity index (χ0n) is 16.6. The van der Waals surface area contributed by atoms with Gasteiger partial charge in [-0.15, -0.1) is 0 Å². The van der Waals surface area contributed by atoms with Gasteiger partial charge >= 0.3 is 0 Å². The molecule has 3 rings (SSSR count). The van der Waals surface area contributed by atoms with E-state index in [0.29, 0.717) is 11.3 Å². The number of halogens is 1. The summed E-state index contributed by atoms with van der Waals surface area (Å²) in [5.74, 6) is -0.721. The number of nitrogens with one attached hydrogen (secondary N) is 2. The van der Waals surface area contributed by atoms with Crippen LogP contribution in [0.15, 0.2) is 59.5 Å². The van der Waals surface area contributed by atoms with Crippen LogP contribution in [0, 0.1) is 5.82 Å². The number of rotatable bonds is 8. The van der Waals surface area contributed by atoms with Gasteiger partial charge in [0.05, 0.1) is 12.3 Å². The zero-order valence-corrected chi connectivity index (χ0v) is 16.6. The Labute approximate surface area is 173 Å². The van der Waals surface area contributed by atoms with Gasteiger partial charge in [-0.25, -0.2) is 14.4 Å². The van der Waals surface area contributed by atoms with Crippen LogP contribution in [0.5, 0.6) is 0 Å². The van der Waals surface area contributed by atoms with E-state index in [9.17, 15) is 14.0 Å². The maximum atomic E-state index is 13.0. The highest BCUT2D eigenvalue weighted by atomic mass is 19.1. The molecule has 30 heavy (non-hydrogen) atoms. The third-order valence-electron chi connectivity index (χ3n) is 4.45. The van der Waals surface area contributed by atoms with Gasteiger partial charge in [0.2, 0.25) is 0 Å².